The van der Waals surface area contributed by atoms with Crippen LogP contribution in [0, 0.1) is 0 Å². The van der Waals surface area contributed by atoms with Crippen LogP contribution in [-0.2, 0) is 0 Å². The normalized spacial score (nSPS) is 10.2. The highest BCUT2D eigenvalue weighted by molar-refractivity contribution is 7.13. The number of rotatable bonds is 1. The molecule has 0 aliphatic rings. The summed E-state index contributed by atoms with van der Waals surface area (Å²) < 4.78 is 1.12. The number of aromatic nitrogens is 5. The maximum absolute atomic E-state index is 11.0. The summed E-state index contributed by atoms with van der Waals surface area (Å²) >= 11 is 1.39. The molecule has 2 aromatic heterocycles. The molecule has 0 bridgehead atoms. The highest BCUT2D eigenvalue weighted by Gasteiger charge is 2.13. The van der Waals surface area contributed by atoms with Crippen LogP contribution in [-0.4, -0.2) is 31.1 Å². The van der Waals surface area contributed by atoms with Gasteiger partial charge in [-0.15, -0.1) is 16.4 Å². The average molecular weight is 195 g/mol. The Kier molecular flexibility index (Phi) is 1.85. The Morgan fingerprint density at radius 2 is 2.46 bits per heavy atom. The first-order valence-corrected chi connectivity index (χ1v) is 4.36. The average Bonchev–Trinajstić information content (AvgIpc) is 2.74. The van der Waals surface area contributed by atoms with Crippen molar-refractivity contribution < 1.29 is 4.79 Å². The zero-order chi connectivity index (χ0) is 9.26. The molecule has 0 aliphatic carbocycles. The largest absolute Gasteiger partial charge is 0.273 e. The van der Waals surface area contributed by atoms with Crippen molar-refractivity contribution in [2.24, 2.45) is 0 Å². The first-order valence-electron chi connectivity index (χ1n) is 3.48. The van der Waals surface area contributed by atoms with E-state index in [9.17, 15) is 4.79 Å². The van der Waals surface area contributed by atoms with Gasteiger partial charge in [-0.05, 0) is 10.4 Å². The maximum Gasteiger partial charge on any atom is 0.247 e. The second-order valence-corrected chi connectivity index (χ2v) is 3.17. The third kappa shape index (κ3) is 1.33. The lowest BCUT2D eigenvalue weighted by molar-refractivity contribution is 0.0921. The van der Waals surface area contributed by atoms with Gasteiger partial charge in [0.25, 0.3) is 0 Å². The van der Waals surface area contributed by atoms with Crippen molar-refractivity contribution >= 4 is 17.2 Å². The molecule has 0 aromatic carbocycles. The molecule has 0 saturated carbocycles. The molecule has 0 amide bonds. The summed E-state index contributed by atoms with van der Waals surface area (Å²) in [5, 5.41) is 13.1. The van der Waals surface area contributed by atoms with Gasteiger partial charge in [-0.2, -0.15) is 4.68 Å². The number of thiazole rings is 1. The Balaban J connectivity index is 2.52. The molecule has 2 rings (SSSR count). The van der Waals surface area contributed by atoms with Crippen LogP contribution in [0.25, 0.3) is 10.8 Å². The zero-order valence-electron chi connectivity index (χ0n) is 6.71. The topological polar surface area (TPSA) is 73.6 Å². The molecule has 0 saturated heterocycles. The van der Waals surface area contributed by atoms with E-state index in [0.717, 1.165) is 4.68 Å². The van der Waals surface area contributed by atoms with Crippen molar-refractivity contribution in [3.63, 3.8) is 0 Å². The zero-order valence-corrected chi connectivity index (χ0v) is 7.52. The molecular weight excluding hydrogens is 190 g/mol. The molecule has 0 spiro atoms. The molecule has 0 unspecified atom stereocenters. The summed E-state index contributed by atoms with van der Waals surface area (Å²) in [4.78, 5) is 15.0. The molecule has 0 fully saturated rings. The van der Waals surface area contributed by atoms with Crippen LogP contribution in [0.1, 0.15) is 11.7 Å². The van der Waals surface area contributed by atoms with Crippen LogP contribution in [0.15, 0.2) is 11.6 Å². The van der Waals surface area contributed by atoms with E-state index >= 15 is 0 Å². The lowest BCUT2D eigenvalue weighted by atomic mass is 10.6. The molecule has 7 heteroatoms. The highest BCUT2D eigenvalue weighted by Crippen LogP contribution is 2.17. The summed E-state index contributed by atoms with van der Waals surface area (Å²) in [6.07, 6.45) is 1.64. The van der Waals surface area contributed by atoms with E-state index in [0.29, 0.717) is 10.8 Å². The number of hydrogen-bond donors (Lipinski definition) is 0. The minimum absolute atomic E-state index is 0.227. The first kappa shape index (κ1) is 7.99. The second kappa shape index (κ2) is 3.02. The van der Waals surface area contributed by atoms with Gasteiger partial charge in [-0.25, -0.2) is 4.98 Å². The smallest absolute Gasteiger partial charge is 0.247 e. The predicted molar refractivity (Wildman–Crippen MR) is 45.2 cm³/mol. The lowest BCUT2D eigenvalue weighted by Gasteiger charge is -1.93. The van der Waals surface area contributed by atoms with Gasteiger partial charge in [0, 0.05) is 18.5 Å². The molecule has 0 aliphatic heterocycles. The summed E-state index contributed by atoms with van der Waals surface area (Å²) in [6.45, 7) is 1.40. The number of hydrogen-bond acceptors (Lipinski definition) is 6. The van der Waals surface area contributed by atoms with E-state index in [1.165, 1.54) is 18.3 Å². The van der Waals surface area contributed by atoms with Gasteiger partial charge in [-0.1, -0.05) is 0 Å². The molecular formula is C6H5N5OS. The Labute approximate surface area is 77.2 Å². The third-order valence-corrected chi connectivity index (χ3v) is 2.16. The number of tetrazole rings is 1. The van der Waals surface area contributed by atoms with Crippen molar-refractivity contribution in [3.8, 4) is 10.8 Å². The monoisotopic (exact) mass is 195 g/mol. The van der Waals surface area contributed by atoms with Crippen LogP contribution in [0.2, 0.25) is 0 Å². The predicted octanol–water partition coefficient (Wildman–Crippen LogP) is 0.457. The molecule has 13 heavy (non-hydrogen) atoms. The fourth-order valence-electron chi connectivity index (χ4n) is 0.866. The molecule has 0 radical (unpaired) electrons. The second-order valence-electron chi connectivity index (χ2n) is 2.27. The number of carbonyl (C=O) groups is 1. The van der Waals surface area contributed by atoms with E-state index < -0.39 is 0 Å². The van der Waals surface area contributed by atoms with Crippen molar-refractivity contribution in [1.29, 1.82) is 0 Å². The van der Waals surface area contributed by atoms with Gasteiger partial charge in [0.1, 0.15) is 0 Å². The summed E-state index contributed by atoms with van der Waals surface area (Å²) in [5.74, 6) is 0.165. The lowest BCUT2D eigenvalue weighted by Crippen LogP contribution is -2.09. The van der Waals surface area contributed by atoms with Crippen molar-refractivity contribution in [1.82, 2.24) is 25.2 Å². The fraction of sp³-hybridized carbons (Fsp3) is 0.167. The maximum atomic E-state index is 11.0. The van der Waals surface area contributed by atoms with Crippen molar-refractivity contribution in [2.75, 3.05) is 0 Å². The van der Waals surface area contributed by atoms with E-state index in [1.54, 1.807) is 11.6 Å². The minimum atomic E-state index is -0.227. The van der Waals surface area contributed by atoms with Crippen LogP contribution in [0.5, 0.6) is 0 Å². The van der Waals surface area contributed by atoms with Gasteiger partial charge >= 0.3 is 0 Å². The fourth-order valence-corrected chi connectivity index (χ4v) is 1.47. The molecule has 2 aromatic rings. The minimum Gasteiger partial charge on any atom is -0.273 e. The Morgan fingerprint density at radius 1 is 1.62 bits per heavy atom. The van der Waals surface area contributed by atoms with Gasteiger partial charge in [0.15, 0.2) is 5.01 Å². The first-order chi connectivity index (χ1) is 6.29. The van der Waals surface area contributed by atoms with Crippen molar-refractivity contribution in [2.45, 2.75) is 6.92 Å². The van der Waals surface area contributed by atoms with Crippen LogP contribution < -0.4 is 0 Å². The van der Waals surface area contributed by atoms with Crippen LogP contribution in [0.3, 0.4) is 0 Å². The SMILES string of the molecule is CC(=O)n1nnnc1-c1nccs1. The van der Waals surface area contributed by atoms with Gasteiger partial charge in [0.2, 0.25) is 11.7 Å². The van der Waals surface area contributed by atoms with E-state index in [4.69, 9.17) is 0 Å². The van der Waals surface area contributed by atoms with E-state index in [-0.39, 0.29) is 5.91 Å². The van der Waals surface area contributed by atoms with Crippen molar-refractivity contribution in [3.05, 3.63) is 11.6 Å². The van der Waals surface area contributed by atoms with Crippen LogP contribution >= 0.6 is 11.3 Å². The Morgan fingerprint density at radius 3 is 3.08 bits per heavy atom. The summed E-state index contributed by atoms with van der Waals surface area (Å²) in [7, 11) is 0. The third-order valence-electron chi connectivity index (χ3n) is 1.39. The number of carbonyl (C=O) groups excluding carboxylic acids is 1. The quantitative estimate of drug-likeness (QED) is 0.618. The summed E-state index contributed by atoms with van der Waals surface area (Å²) in [5.41, 5.74) is 0. The number of nitrogens with zero attached hydrogens (tertiary/aromatic N) is 5. The summed E-state index contributed by atoms with van der Waals surface area (Å²) in [6, 6.07) is 0. The molecule has 0 N–H and O–H groups in total. The van der Waals surface area contributed by atoms with E-state index in [2.05, 4.69) is 20.5 Å². The Bertz CT molecular complexity index is 420. The molecule has 2 heterocycles. The highest BCUT2D eigenvalue weighted by atomic mass is 32.1. The van der Waals surface area contributed by atoms with Gasteiger partial charge < -0.3 is 0 Å². The van der Waals surface area contributed by atoms with Crippen LogP contribution in [0.4, 0.5) is 0 Å². The standard InChI is InChI=1S/C6H5N5OS/c1-4(12)11-5(8-9-10-11)6-7-2-3-13-6/h2-3H,1H3. The van der Waals surface area contributed by atoms with Gasteiger partial charge in [-0.3, -0.25) is 4.79 Å². The van der Waals surface area contributed by atoms with E-state index in [1.807, 2.05) is 0 Å². The molecule has 0 atom stereocenters. The molecule has 6 nitrogen and oxygen atoms in total. The van der Waals surface area contributed by atoms with Gasteiger partial charge in [0.05, 0.1) is 0 Å². The molecule has 66 valence electrons. The Hall–Kier alpha value is -1.63.